The number of nitrogens with one attached hydrogen (secondary N) is 1. The molecule has 8 nitrogen and oxygen atoms in total. The van der Waals surface area contributed by atoms with Gasteiger partial charge in [-0.3, -0.25) is 4.79 Å². The van der Waals surface area contributed by atoms with Gasteiger partial charge in [-0.15, -0.1) is 11.3 Å². The molecular formula is C23H20N4O4S3. The number of ether oxygens (including phenoxy) is 1. The van der Waals surface area contributed by atoms with Crippen LogP contribution >= 0.6 is 23.1 Å². The zero-order valence-corrected chi connectivity index (χ0v) is 20.2. The largest absolute Gasteiger partial charge is 0.489 e. The minimum atomic E-state index is -3.77. The van der Waals surface area contributed by atoms with Crippen LogP contribution in [-0.2, 0) is 21.2 Å². The van der Waals surface area contributed by atoms with Crippen molar-refractivity contribution < 1.29 is 17.9 Å². The van der Waals surface area contributed by atoms with E-state index in [2.05, 4.69) is 15.3 Å². The Kier molecular flexibility index (Phi) is 7.46. The molecular weight excluding hydrogens is 492 g/mol. The van der Waals surface area contributed by atoms with Gasteiger partial charge in [0.25, 0.3) is 0 Å². The summed E-state index contributed by atoms with van der Waals surface area (Å²) in [7, 11) is -3.77. The van der Waals surface area contributed by atoms with Gasteiger partial charge in [0.05, 0.1) is 11.9 Å². The number of hydrogen-bond acceptors (Lipinski definition) is 9. The Hall–Kier alpha value is -3.41. The molecule has 4 aromatic rings. The van der Waals surface area contributed by atoms with Crippen molar-refractivity contribution in [2.75, 3.05) is 16.8 Å². The summed E-state index contributed by atoms with van der Waals surface area (Å²) in [6, 6.07) is 20.0. The Bertz CT molecular complexity index is 1360. The molecule has 4 rings (SSSR count). The van der Waals surface area contributed by atoms with Gasteiger partial charge in [-0.2, -0.15) is 0 Å². The van der Waals surface area contributed by atoms with Crippen molar-refractivity contribution in [2.24, 2.45) is 0 Å². The summed E-state index contributed by atoms with van der Waals surface area (Å²) in [4.78, 5) is 20.2. The first kappa shape index (κ1) is 23.7. The molecule has 0 aliphatic rings. The highest BCUT2D eigenvalue weighted by molar-refractivity contribution is 7.99. The van der Waals surface area contributed by atoms with Crippen molar-refractivity contribution in [3.63, 3.8) is 0 Å². The number of aromatic nitrogens is 2. The fourth-order valence-electron chi connectivity index (χ4n) is 2.87. The van der Waals surface area contributed by atoms with Crippen LogP contribution in [-0.4, -0.2) is 30.0 Å². The van der Waals surface area contributed by atoms with Crippen molar-refractivity contribution >= 4 is 50.3 Å². The van der Waals surface area contributed by atoms with E-state index >= 15 is 0 Å². The van der Waals surface area contributed by atoms with Crippen molar-refractivity contribution in [2.45, 2.75) is 20.9 Å². The zero-order valence-electron chi connectivity index (χ0n) is 17.7. The van der Waals surface area contributed by atoms with Gasteiger partial charge in [-0.25, -0.2) is 18.4 Å². The van der Waals surface area contributed by atoms with Crippen LogP contribution in [0, 0.1) is 0 Å². The Morgan fingerprint density at radius 1 is 1.06 bits per heavy atom. The van der Waals surface area contributed by atoms with Crippen LogP contribution < -0.4 is 15.8 Å². The van der Waals surface area contributed by atoms with E-state index in [1.165, 1.54) is 12.3 Å². The molecule has 0 saturated heterocycles. The Balaban J connectivity index is 1.29. The van der Waals surface area contributed by atoms with E-state index in [9.17, 15) is 13.2 Å². The summed E-state index contributed by atoms with van der Waals surface area (Å²) in [5.74, 6) is 0.304. The number of nitrogen functional groups attached to an aromatic ring is 1. The first-order valence-electron chi connectivity index (χ1n) is 10.0. The van der Waals surface area contributed by atoms with Crippen LogP contribution in [0.15, 0.2) is 92.6 Å². The van der Waals surface area contributed by atoms with Gasteiger partial charge in [0.1, 0.15) is 27.3 Å². The standard InChI is InChI=1S/C23H20N4O4S3/c24-22-19(34(29,30)21-7-4-12-32-21)13-25-23(27-22)33-15-20(28)26-17-8-10-18(11-9-17)31-14-16-5-2-1-3-6-16/h1-13H,14-15H2,(H,26,28)(H2,24,25,27). The Morgan fingerprint density at radius 3 is 2.50 bits per heavy atom. The van der Waals surface area contributed by atoms with Gasteiger partial charge >= 0.3 is 0 Å². The molecule has 34 heavy (non-hydrogen) atoms. The summed E-state index contributed by atoms with van der Waals surface area (Å²) in [5.41, 5.74) is 7.56. The molecule has 0 spiro atoms. The predicted octanol–water partition coefficient (Wildman–Crippen LogP) is 4.26. The van der Waals surface area contributed by atoms with Crippen LogP contribution in [0.1, 0.15) is 5.56 Å². The lowest BCUT2D eigenvalue weighted by Crippen LogP contribution is -2.14. The third-order valence-corrected chi connectivity index (χ3v) is 8.56. The van der Waals surface area contributed by atoms with E-state index < -0.39 is 9.84 Å². The number of carbonyl (C=O) groups is 1. The molecule has 0 bridgehead atoms. The lowest BCUT2D eigenvalue weighted by Gasteiger charge is -2.09. The van der Waals surface area contributed by atoms with Crippen LogP contribution in [0.3, 0.4) is 0 Å². The lowest BCUT2D eigenvalue weighted by atomic mass is 10.2. The highest BCUT2D eigenvalue weighted by Crippen LogP contribution is 2.28. The van der Waals surface area contributed by atoms with E-state index in [0.29, 0.717) is 18.0 Å². The lowest BCUT2D eigenvalue weighted by molar-refractivity contribution is -0.113. The fraction of sp³-hybridized carbons (Fsp3) is 0.0870. The number of amides is 1. The molecule has 0 saturated carbocycles. The van der Waals surface area contributed by atoms with Crippen LogP contribution in [0.5, 0.6) is 5.75 Å². The highest BCUT2D eigenvalue weighted by atomic mass is 32.2. The van der Waals surface area contributed by atoms with Crippen molar-refractivity contribution in [1.82, 2.24) is 9.97 Å². The van der Waals surface area contributed by atoms with Crippen molar-refractivity contribution in [3.05, 3.63) is 83.9 Å². The maximum absolute atomic E-state index is 12.6. The van der Waals surface area contributed by atoms with E-state index in [-0.39, 0.29) is 31.7 Å². The van der Waals surface area contributed by atoms with E-state index in [1.807, 2.05) is 30.3 Å². The highest BCUT2D eigenvalue weighted by Gasteiger charge is 2.23. The first-order valence-corrected chi connectivity index (χ1v) is 13.4. The molecule has 0 unspecified atom stereocenters. The maximum atomic E-state index is 12.6. The third kappa shape index (κ3) is 5.93. The molecule has 0 fully saturated rings. The number of thioether (sulfide) groups is 1. The molecule has 2 aromatic heterocycles. The van der Waals surface area contributed by atoms with Crippen LogP contribution in [0.4, 0.5) is 11.5 Å². The molecule has 0 atom stereocenters. The summed E-state index contributed by atoms with van der Waals surface area (Å²) in [5, 5.41) is 4.66. The van der Waals surface area contributed by atoms with Gasteiger partial charge in [0.15, 0.2) is 5.16 Å². The summed E-state index contributed by atoms with van der Waals surface area (Å²) in [6.45, 7) is 0.458. The number of anilines is 2. The van der Waals surface area contributed by atoms with Crippen molar-refractivity contribution in [3.8, 4) is 5.75 Å². The van der Waals surface area contributed by atoms with Gasteiger partial charge < -0.3 is 15.8 Å². The monoisotopic (exact) mass is 512 g/mol. The molecule has 3 N–H and O–H groups in total. The molecule has 174 valence electrons. The average Bonchev–Trinajstić information content (AvgIpc) is 3.39. The zero-order chi connectivity index (χ0) is 24.0. The minimum absolute atomic E-state index is 0.0305. The second kappa shape index (κ2) is 10.7. The van der Waals surface area contributed by atoms with E-state index in [4.69, 9.17) is 10.5 Å². The quantitative estimate of drug-likeness (QED) is 0.252. The fourth-order valence-corrected chi connectivity index (χ4v) is 5.87. The number of nitrogens with two attached hydrogens (primary N) is 1. The topological polar surface area (TPSA) is 124 Å². The van der Waals surface area contributed by atoms with Crippen molar-refractivity contribution in [1.29, 1.82) is 0 Å². The van der Waals surface area contributed by atoms with Gasteiger partial charge in [-0.1, -0.05) is 48.2 Å². The SMILES string of the molecule is Nc1nc(SCC(=O)Nc2ccc(OCc3ccccc3)cc2)ncc1S(=O)(=O)c1cccs1. The number of sulfone groups is 1. The number of benzene rings is 2. The van der Waals surface area contributed by atoms with Crippen LogP contribution in [0.2, 0.25) is 0 Å². The summed E-state index contributed by atoms with van der Waals surface area (Å²) in [6.07, 6.45) is 1.17. The molecule has 0 radical (unpaired) electrons. The number of carbonyl (C=O) groups excluding carboxylic acids is 1. The smallest absolute Gasteiger partial charge is 0.234 e. The Labute approximate surface area is 205 Å². The second-order valence-corrected chi connectivity index (χ2v) is 11.0. The molecule has 11 heteroatoms. The van der Waals surface area contributed by atoms with Gasteiger partial charge in [0.2, 0.25) is 15.7 Å². The van der Waals surface area contributed by atoms with Gasteiger partial charge in [-0.05, 0) is 41.3 Å². The number of thiophene rings is 1. The van der Waals surface area contributed by atoms with Crippen LogP contribution in [0.25, 0.3) is 0 Å². The van der Waals surface area contributed by atoms with E-state index in [1.54, 1.807) is 35.7 Å². The minimum Gasteiger partial charge on any atom is -0.489 e. The maximum Gasteiger partial charge on any atom is 0.234 e. The molecule has 0 aliphatic heterocycles. The molecule has 1 amide bonds. The molecule has 2 aromatic carbocycles. The first-order chi connectivity index (χ1) is 16.4. The average molecular weight is 513 g/mol. The third-order valence-electron chi connectivity index (χ3n) is 4.53. The predicted molar refractivity (Wildman–Crippen MR) is 133 cm³/mol. The number of rotatable bonds is 9. The van der Waals surface area contributed by atoms with E-state index in [0.717, 1.165) is 28.7 Å². The molecule has 2 heterocycles. The Morgan fingerprint density at radius 2 is 1.82 bits per heavy atom. The normalized spacial score (nSPS) is 11.2. The molecule has 0 aliphatic carbocycles. The van der Waals surface area contributed by atoms with Gasteiger partial charge in [0, 0.05) is 5.69 Å². The second-order valence-electron chi connectivity index (χ2n) is 6.97. The summed E-state index contributed by atoms with van der Waals surface area (Å²) < 4.78 is 31.1. The number of nitrogens with zero attached hydrogens (tertiary/aromatic N) is 2. The number of hydrogen-bond donors (Lipinski definition) is 2. The summed E-state index contributed by atoms with van der Waals surface area (Å²) >= 11 is 2.15.